The molecule has 3 rings (SSSR count). The summed E-state index contributed by atoms with van der Waals surface area (Å²) >= 11 is 4.65. The molecule has 0 saturated heterocycles. The molecule has 1 aliphatic carbocycles. The second kappa shape index (κ2) is 5.93. The van der Waals surface area contributed by atoms with Crippen molar-refractivity contribution in [3.63, 3.8) is 0 Å². The second-order valence-electron chi connectivity index (χ2n) is 6.90. The lowest BCUT2D eigenvalue weighted by Crippen LogP contribution is -2.08. The number of benzene rings is 2. The van der Waals surface area contributed by atoms with Crippen LogP contribution in [0.3, 0.4) is 0 Å². The standard InChI is InChI=1S/C21H23NS/c1-21(2)13-18(15-9-11-16(12-10-15)22(3)4)19(14-21)17-7-5-6-8-20(17)23/h5-14,23H,1-4H3. The Balaban J connectivity index is 2.07. The zero-order valence-corrected chi connectivity index (χ0v) is 15.1. The van der Waals surface area contributed by atoms with E-state index in [2.05, 4.69) is 100 Å². The van der Waals surface area contributed by atoms with E-state index in [9.17, 15) is 0 Å². The number of nitrogens with zero attached hydrogens (tertiary/aromatic N) is 1. The predicted octanol–water partition coefficient (Wildman–Crippen LogP) is 5.55. The summed E-state index contributed by atoms with van der Waals surface area (Å²) in [4.78, 5) is 3.14. The van der Waals surface area contributed by atoms with Gasteiger partial charge in [-0.1, -0.05) is 56.3 Å². The fourth-order valence-electron chi connectivity index (χ4n) is 3.04. The SMILES string of the molecule is CN(C)c1ccc(C2=CC(C)(C)C=C2c2ccccc2S)cc1. The summed E-state index contributed by atoms with van der Waals surface area (Å²) < 4.78 is 0. The largest absolute Gasteiger partial charge is 0.378 e. The molecule has 118 valence electrons. The van der Waals surface area contributed by atoms with Gasteiger partial charge in [0.25, 0.3) is 0 Å². The summed E-state index contributed by atoms with van der Waals surface area (Å²) in [5, 5.41) is 0. The average Bonchev–Trinajstić information content (AvgIpc) is 2.83. The Bertz CT molecular complexity index is 780. The van der Waals surface area contributed by atoms with Crippen molar-refractivity contribution in [2.75, 3.05) is 19.0 Å². The molecule has 0 amide bonds. The first kappa shape index (κ1) is 15.9. The highest BCUT2D eigenvalue weighted by Gasteiger charge is 2.26. The minimum atomic E-state index is 0.0565. The molecule has 0 heterocycles. The first-order chi connectivity index (χ1) is 10.9. The van der Waals surface area contributed by atoms with Gasteiger partial charge in [0, 0.05) is 30.1 Å². The van der Waals surface area contributed by atoms with Crippen LogP contribution >= 0.6 is 12.6 Å². The molecule has 0 spiro atoms. The smallest absolute Gasteiger partial charge is 0.0361 e. The van der Waals surface area contributed by atoms with Crippen LogP contribution in [0.25, 0.3) is 11.1 Å². The van der Waals surface area contributed by atoms with Crippen LogP contribution in [0, 0.1) is 5.41 Å². The minimum absolute atomic E-state index is 0.0565. The highest BCUT2D eigenvalue weighted by molar-refractivity contribution is 7.80. The fraction of sp³-hybridized carbons (Fsp3) is 0.238. The molecular weight excluding hydrogens is 298 g/mol. The summed E-state index contributed by atoms with van der Waals surface area (Å²) in [5.74, 6) is 0. The van der Waals surface area contributed by atoms with Crippen molar-refractivity contribution >= 4 is 29.5 Å². The van der Waals surface area contributed by atoms with Gasteiger partial charge in [-0.25, -0.2) is 0 Å². The van der Waals surface area contributed by atoms with Crippen molar-refractivity contribution in [1.82, 2.24) is 0 Å². The molecule has 0 bridgehead atoms. The molecule has 1 aliphatic rings. The van der Waals surface area contributed by atoms with Crippen molar-refractivity contribution in [3.05, 3.63) is 71.8 Å². The van der Waals surface area contributed by atoms with Gasteiger partial charge < -0.3 is 4.90 Å². The Morgan fingerprint density at radius 1 is 0.826 bits per heavy atom. The van der Waals surface area contributed by atoms with Crippen LogP contribution in [0.5, 0.6) is 0 Å². The van der Waals surface area contributed by atoms with Crippen molar-refractivity contribution in [2.45, 2.75) is 18.7 Å². The molecular formula is C21H23NS. The van der Waals surface area contributed by atoms with Crippen LogP contribution in [0.4, 0.5) is 5.69 Å². The van der Waals surface area contributed by atoms with Crippen LogP contribution in [-0.2, 0) is 0 Å². The van der Waals surface area contributed by atoms with E-state index in [-0.39, 0.29) is 5.41 Å². The van der Waals surface area contributed by atoms with E-state index in [0.29, 0.717) is 0 Å². The van der Waals surface area contributed by atoms with Gasteiger partial charge >= 0.3 is 0 Å². The zero-order chi connectivity index (χ0) is 16.6. The van der Waals surface area contributed by atoms with Crippen molar-refractivity contribution < 1.29 is 0 Å². The highest BCUT2D eigenvalue weighted by atomic mass is 32.1. The molecule has 2 heteroatoms. The molecule has 2 aromatic rings. The lowest BCUT2D eigenvalue weighted by molar-refractivity contribution is 0.638. The van der Waals surface area contributed by atoms with Gasteiger partial charge in [-0.15, -0.1) is 12.6 Å². The van der Waals surface area contributed by atoms with E-state index < -0.39 is 0 Å². The third-order valence-corrected chi connectivity index (χ3v) is 4.60. The number of hydrogen-bond donors (Lipinski definition) is 1. The summed E-state index contributed by atoms with van der Waals surface area (Å²) in [6, 6.07) is 17.1. The van der Waals surface area contributed by atoms with E-state index in [1.807, 2.05) is 6.07 Å². The zero-order valence-electron chi connectivity index (χ0n) is 14.2. The molecule has 0 radical (unpaired) electrons. The van der Waals surface area contributed by atoms with Crippen molar-refractivity contribution in [2.24, 2.45) is 5.41 Å². The van der Waals surface area contributed by atoms with Crippen LogP contribution in [0.2, 0.25) is 0 Å². The van der Waals surface area contributed by atoms with Gasteiger partial charge in [-0.2, -0.15) is 0 Å². The maximum atomic E-state index is 4.65. The van der Waals surface area contributed by atoms with E-state index in [1.54, 1.807) is 0 Å². The summed E-state index contributed by atoms with van der Waals surface area (Å²) in [7, 11) is 4.13. The number of hydrogen-bond acceptors (Lipinski definition) is 2. The summed E-state index contributed by atoms with van der Waals surface area (Å²) in [6.45, 7) is 4.49. The van der Waals surface area contributed by atoms with E-state index in [4.69, 9.17) is 0 Å². The fourth-order valence-corrected chi connectivity index (χ4v) is 3.32. The third kappa shape index (κ3) is 3.23. The topological polar surface area (TPSA) is 3.24 Å². The molecule has 0 N–H and O–H groups in total. The Morgan fingerprint density at radius 3 is 2.04 bits per heavy atom. The van der Waals surface area contributed by atoms with E-state index >= 15 is 0 Å². The van der Waals surface area contributed by atoms with Gasteiger partial charge in [-0.3, -0.25) is 0 Å². The van der Waals surface area contributed by atoms with Crippen LogP contribution in [0.1, 0.15) is 25.0 Å². The van der Waals surface area contributed by atoms with Crippen LogP contribution in [0.15, 0.2) is 65.6 Å². The normalized spacial score (nSPS) is 16.0. The summed E-state index contributed by atoms with van der Waals surface area (Å²) in [5.41, 5.74) is 6.29. The second-order valence-corrected chi connectivity index (χ2v) is 7.38. The molecule has 1 nitrogen and oxygen atoms in total. The van der Waals surface area contributed by atoms with E-state index in [0.717, 1.165) is 4.90 Å². The quantitative estimate of drug-likeness (QED) is 0.726. The Morgan fingerprint density at radius 2 is 1.43 bits per heavy atom. The Kier molecular flexibility index (Phi) is 4.11. The predicted molar refractivity (Wildman–Crippen MR) is 104 cm³/mol. The van der Waals surface area contributed by atoms with Gasteiger partial charge in [0.2, 0.25) is 0 Å². The molecule has 23 heavy (non-hydrogen) atoms. The number of thiol groups is 1. The van der Waals surface area contributed by atoms with Gasteiger partial charge in [-0.05, 0) is 40.5 Å². The third-order valence-electron chi connectivity index (χ3n) is 4.21. The van der Waals surface area contributed by atoms with E-state index in [1.165, 1.54) is 28.0 Å². The Hall–Kier alpha value is -1.93. The van der Waals surface area contributed by atoms with Crippen LogP contribution < -0.4 is 4.90 Å². The van der Waals surface area contributed by atoms with Gasteiger partial charge in [0.05, 0.1) is 0 Å². The van der Waals surface area contributed by atoms with Crippen molar-refractivity contribution in [3.8, 4) is 0 Å². The highest BCUT2D eigenvalue weighted by Crippen LogP contribution is 2.45. The number of anilines is 1. The maximum Gasteiger partial charge on any atom is 0.0361 e. The lowest BCUT2D eigenvalue weighted by Gasteiger charge is -2.15. The van der Waals surface area contributed by atoms with Gasteiger partial charge in [0.15, 0.2) is 0 Å². The average molecular weight is 321 g/mol. The minimum Gasteiger partial charge on any atom is -0.378 e. The molecule has 0 saturated carbocycles. The van der Waals surface area contributed by atoms with Crippen molar-refractivity contribution in [1.29, 1.82) is 0 Å². The van der Waals surface area contributed by atoms with Crippen LogP contribution in [-0.4, -0.2) is 14.1 Å². The monoisotopic (exact) mass is 321 g/mol. The Labute approximate surface area is 144 Å². The lowest BCUT2D eigenvalue weighted by atomic mass is 9.95. The molecule has 2 aromatic carbocycles. The first-order valence-corrected chi connectivity index (χ1v) is 8.34. The molecule has 0 atom stereocenters. The molecule has 0 aliphatic heterocycles. The number of rotatable bonds is 3. The molecule has 0 aromatic heterocycles. The molecule has 0 unspecified atom stereocenters. The van der Waals surface area contributed by atoms with Gasteiger partial charge in [0.1, 0.15) is 0 Å². The number of allylic oxidation sites excluding steroid dienone is 4. The summed E-state index contributed by atoms with van der Waals surface area (Å²) in [6.07, 6.45) is 4.70. The molecule has 0 fully saturated rings. The maximum absolute atomic E-state index is 4.65. The first-order valence-electron chi connectivity index (χ1n) is 7.90.